The Bertz CT molecular complexity index is 1260. The van der Waals surface area contributed by atoms with Crippen molar-refractivity contribution in [1.82, 2.24) is 9.97 Å². The maximum atomic E-state index is 12.5. The number of anilines is 1. The SMILES string of the molecule is Cc1ccccc1NC(=O)/C(C#N)=C/c1ccc(OCc2nc3ccccc3[nH]2)cc1. The molecule has 0 unspecified atom stereocenters. The Morgan fingerprint density at radius 3 is 2.58 bits per heavy atom. The van der Waals surface area contributed by atoms with E-state index in [0.717, 1.165) is 28.0 Å². The van der Waals surface area contributed by atoms with E-state index in [0.29, 0.717) is 18.0 Å². The third-order valence-corrected chi connectivity index (χ3v) is 4.76. The van der Waals surface area contributed by atoms with Crippen molar-refractivity contribution < 1.29 is 9.53 Å². The number of hydrogen-bond acceptors (Lipinski definition) is 4. The topological polar surface area (TPSA) is 90.8 Å². The van der Waals surface area contributed by atoms with Crippen molar-refractivity contribution >= 4 is 28.7 Å². The summed E-state index contributed by atoms with van der Waals surface area (Å²) in [6.07, 6.45) is 1.55. The molecule has 0 radical (unpaired) electrons. The molecule has 0 bridgehead atoms. The number of nitriles is 1. The highest BCUT2D eigenvalue weighted by atomic mass is 16.5. The summed E-state index contributed by atoms with van der Waals surface area (Å²) in [5.74, 6) is 0.965. The lowest BCUT2D eigenvalue weighted by Crippen LogP contribution is -2.14. The number of nitrogens with one attached hydrogen (secondary N) is 2. The van der Waals surface area contributed by atoms with Gasteiger partial charge in [0.15, 0.2) is 0 Å². The number of carbonyl (C=O) groups excluding carboxylic acids is 1. The van der Waals surface area contributed by atoms with Gasteiger partial charge in [-0.15, -0.1) is 0 Å². The highest BCUT2D eigenvalue weighted by Crippen LogP contribution is 2.18. The minimum Gasteiger partial charge on any atom is -0.486 e. The fourth-order valence-corrected chi connectivity index (χ4v) is 3.10. The van der Waals surface area contributed by atoms with E-state index in [1.165, 1.54) is 0 Å². The van der Waals surface area contributed by atoms with E-state index in [4.69, 9.17) is 4.74 Å². The number of benzene rings is 3. The molecule has 2 N–H and O–H groups in total. The first-order valence-corrected chi connectivity index (χ1v) is 9.77. The van der Waals surface area contributed by atoms with Gasteiger partial charge in [-0.2, -0.15) is 5.26 Å². The average Bonchev–Trinajstić information content (AvgIpc) is 3.21. The zero-order valence-corrected chi connectivity index (χ0v) is 16.9. The summed E-state index contributed by atoms with van der Waals surface area (Å²) in [4.78, 5) is 20.2. The Labute approximate surface area is 179 Å². The quantitative estimate of drug-likeness (QED) is 0.347. The van der Waals surface area contributed by atoms with E-state index in [-0.39, 0.29) is 5.57 Å². The third-order valence-electron chi connectivity index (χ3n) is 4.76. The van der Waals surface area contributed by atoms with Crippen molar-refractivity contribution in [2.24, 2.45) is 0 Å². The lowest BCUT2D eigenvalue weighted by molar-refractivity contribution is -0.112. The summed E-state index contributed by atoms with van der Waals surface area (Å²) >= 11 is 0. The van der Waals surface area contributed by atoms with Crippen molar-refractivity contribution in [1.29, 1.82) is 5.26 Å². The molecule has 0 aliphatic carbocycles. The van der Waals surface area contributed by atoms with Crippen LogP contribution in [-0.4, -0.2) is 15.9 Å². The summed E-state index contributed by atoms with van der Waals surface area (Å²) in [6, 6.07) is 24.4. The minimum atomic E-state index is -0.443. The smallest absolute Gasteiger partial charge is 0.266 e. The van der Waals surface area contributed by atoms with Crippen LogP contribution in [-0.2, 0) is 11.4 Å². The first kappa shape index (κ1) is 19.9. The number of H-pyrrole nitrogens is 1. The van der Waals surface area contributed by atoms with Crippen LogP contribution in [0.2, 0.25) is 0 Å². The molecule has 0 aliphatic heterocycles. The number of fused-ring (bicyclic) bond motifs is 1. The third kappa shape index (κ3) is 4.80. The van der Waals surface area contributed by atoms with Crippen LogP contribution in [0.5, 0.6) is 5.75 Å². The molecule has 31 heavy (non-hydrogen) atoms. The van der Waals surface area contributed by atoms with E-state index < -0.39 is 5.91 Å². The Balaban J connectivity index is 1.41. The van der Waals surface area contributed by atoms with Gasteiger partial charge in [0.1, 0.15) is 29.8 Å². The fourth-order valence-electron chi connectivity index (χ4n) is 3.10. The van der Waals surface area contributed by atoms with Gasteiger partial charge in [0, 0.05) is 5.69 Å². The maximum absolute atomic E-state index is 12.5. The molecule has 6 nitrogen and oxygen atoms in total. The summed E-state index contributed by atoms with van der Waals surface area (Å²) in [6.45, 7) is 2.21. The predicted molar refractivity (Wildman–Crippen MR) is 120 cm³/mol. The van der Waals surface area contributed by atoms with Crippen molar-refractivity contribution in [3.05, 3.63) is 95.3 Å². The molecule has 4 rings (SSSR count). The molecule has 1 amide bonds. The van der Waals surface area contributed by atoms with Crippen LogP contribution in [0, 0.1) is 18.3 Å². The number of carbonyl (C=O) groups is 1. The van der Waals surface area contributed by atoms with Gasteiger partial charge < -0.3 is 15.0 Å². The van der Waals surface area contributed by atoms with Gasteiger partial charge in [-0.3, -0.25) is 4.79 Å². The second-order valence-corrected chi connectivity index (χ2v) is 7.00. The molecular weight excluding hydrogens is 388 g/mol. The standard InChI is InChI=1S/C25H20N4O2/c1-17-6-2-3-7-21(17)29-25(30)19(15-26)14-18-10-12-20(13-11-18)31-16-24-27-22-8-4-5-9-23(22)28-24/h2-14H,16H2,1H3,(H,27,28)(H,29,30)/b19-14+. The molecule has 152 valence electrons. The van der Waals surface area contributed by atoms with E-state index >= 15 is 0 Å². The second kappa shape index (κ2) is 8.97. The zero-order valence-electron chi connectivity index (χ0n) is 16.9. The van der Waals surface area contributed by atoms with E-state index in [1.807, 2.05) is 55.5 Å². The fraction of sp³-hybridized carbons (Fsp3) is 0.0800. The number of aromatic amines is 1. The van der Waals surface area contributed by atoms with Crippen LogP contribution in [0.3, 0.4) is 0 Å². The molecular formula is C25H20N4O2. The number of aromatic nitrogens is 2. The molecule has 0 saturated heterocycles. The van der Waals surface area contributed by atoms with Gasteiger partial charge in [-0.1, -0.05) is 42.5 Å². The summed E-state index contributed by atoms with van der Waals surface area (Å²) in [7, 11) is 0. The highest BCUT2D eigenvalue weighted by molar-refractivity contribution is 6.09. The number of nitrogens with zero attached hydrogens (tertiary/aromatic N) is 2. The van der Waals surface area contributed by atoms with Gasteiger partial charge in [0.25, 0.3) is 5.91 Å². The molecule has 6 heteroatoms. The number of ether oxygens (including phenoxy) is 1. The lowest BCUT2D eigenvalue weighted by atomic mass is 10.1. The average molecular weight is 408 g/mol. The van der Waals surface area contributed by atoms with Crippen LogP contribution >= 0.6 is 0 Å². The molecule has 1 heterocycles. The van der Waals surface area contributed by atoms with Crippen LogP contribution in [0.15, 0.2) is 78.4 Å². The summed E-state index contributed by atoms with van der Waals surface area (Å²) in [5, 5.41) is 12.2. The summed E-state index contributed by atoms with van der Waals surface area (Å²) in [5.41, 5.74) is 4.23. The van der Waals surface area contributed by atoms with Gasteiger partial charge in [0.2, 0.25) is 0 Å². The van der Waals surface area contributed by atoms with Gasteiger partial charge in [-0.25, -0.2) is 4.98 Å². The molecule has 0 spiro atoms. The highest BCUT2D eigenvalue weighted by Gasteiger charge is 2.11. The van der Waals surface area contributed by atoms with Crippen molar-refractivity contribution in [3.63, 3.8) is 0 Å². The first-order chi connectivity index (χ1) is 15.1. The van der Waals surface area contributed by atoms with Crippen molar-refractivity contribution in [2.45, 2.75) is 13.5 Å². The van der Waals surface area contributed by atoms with Crippen molar-refractivity contribution in [3.8, 4) is 11.8 Å². The Morgan fingerprint density at radius 2 is 1.84 bits per heavy atom. The Kier molecular flexibility index (Phi) is 5.77. The van der Waals surface area contributed by atoms with Crippen LogP contribution in [0.4, 0.5) is 5.69 Å². The molecule has 0 atom stereocenters. The van der Waals surface area contributed by atoms with Gasteiger partial charge in [-0.05, 0) is 54.5 Å². The number of imidazole rings is 1. The Morgan fingerprint density at radius 1 is 1.10 bits per heavy atom. The predicted octanol–water partition coefficient (Wildman–Crippen LogP) is 5.00. The van der Waals surface area contributed by atoms with E-state index in [2.05, 4.69) is 15.3 Å². The maximum Gasteiger partial charge on any atom is 0.266 e. The van der Waals surface area contributed by atoms with Crippen LogP contribution in [0.1, 0.15) is 17.0 Å². The lowest BCUT2D eigenvalue weighted by Gasteiger charge is -2.07. The number of rotatable bonds is 6. The molecule has 0 aliphatic rings. The molecule has 4 aromatic rings. The Hall–Kier alpha value is -4.37. The van der Waals surface area contributed by atoms with Crippen LogP contribution in [0.25, 0.3) is 17.1 Å². The van der Waals surface area contributed by atoms with Crippen LogP contribution < -0.4 is 10.1 Å². The first-order valence-electron chi connectivity index (χ1n) is 9.77. The molecule has 0 fully saturated rings. The molecule has 1 aromatic heterocycles. The number of para-hydroxylation sites is 3. The summed E-state index contributed by atoms with van der Waals surface area (Å²) < 4.78 is 5.79. The second-order valence-electron chi connectivity index (χ2n) is 7.00. The number of aryl methyl sites for hydroxylation is 1. The number of amides is 1. The van der Waals surface area contributed by atoms with Gasteiger partial charge in [0.05, 0.1) is 11.0 Å². The molecule has 3 aromatic carbocycles. The molecule has 0 saturated carbocycles. The number of hydrogen-bond donors (Lipinski definition) is 2. The zero-order chi connectivity index (χ0) is 21.6. The van der Waals surface area contributed by atoms with E-state index in [1.54, 1.807) is 36.4 Å². The van der Waals surface area contributed by atoms with Gasteiger partial charge >= 0.3 is 0 Å². The normalized spacial score (nSPS) is 11.2. The van der Waals surface area contributed by atoms with Crippen molar-refractivity contribution in [2.75, 3.05) is 5.32 Å². The largest absolute Gasteiger partial charge is 0.486 e. The monoisotopic (exact) mass is 408 g/mol. The minimum absolute atomic E-state index is 0.0270. The van der Waals surface area contributed by atoms with E-state index in [9.17, 15) is 10.1 Å².